The molecule has 0 aromatic heterocycles. The Morgan fingerprint density at radius 1 is 1.11 bits per heavy atom. The standard InChI is InChI=1S/C23H29N3O/c1-17-5-2-3-8-21(17)23(11-13-27-14-12-23)16-25-22(24)26-20-10-9-18-6-4-7-19(18)15-20/h2-3,5,8-10,15H,4,6-7,11-14,16H2,1H3,(H3,24,25,26). The molecular weight excluding hydrogens is 334 g/mol. The van der Waals surface area contributed by atoms with Gasteiger partial charge in [0.1, 0.15) is 0 Å². The lowest BCUT2D eigenvalue weighted by Crippen LogP contribution is -2.38. The van der Waals surface area contributed by atoms with Gasteiger partial charge in [-0.05, 0) is 73.4 Å². The number of nitrogens with zero attached hydrogens (tertiary/aromatic N) is 1. The summed E-state index contributed by atoms with van der Waals surface area (Å²) in [5.41, 5.74) is 12.9. The molecule has 0 bridgehead atoms. The minimum Gasteiger partial charge on any atom is -0.381 e. The zero-order chi connectivity index (χ0) is 18.7. The van der Waals surface area contributed by atoms with E-state index in [1.807, 2.05) is 0 Å². The maximum atomic E-state index is 6.25. The molecule has 142 valence electrons. The van der Waals surface area contributed by atoms with Gasteiger partial charge >= 0.3 is 0 Å². The van der Waals surface area contributed by atoms with Crippen LogP contribution in [0.2, 0.25) is 0 Å². The maximum Gasteiger partial charge on any atom is 0.193 e. The number of hydrogen-bond acceptors (Lipinski definition) is 2. The van der Waals surface area contributed by atoms with Crippen molar-refractivity contribution in [2.45, 2.75) is 44.4 Å². The highest BCUT2D eigenvalue weighted by Crippen LogP contribution is 2.37. The smallest absolute Gasteiger partial charge is 0.193 e. The first-order valence-corrected chi connectivity index (χ1v) is 9.99. The Balaban J connectivity index is 1.52. The van der Waals surface area contributed by atoms with E-state index in [0.29, 0.717) is 12.5 Å². The maximum absolute atomic E-state index is 6.25. The molecule has 1 fully saturated rings. The number of rotatable bonds is 4. The van der Waals surface area contributed by atoms with Crippen LogP contribution in [-0.2, 0) is 23.0 Å². The summed E-state index contributed by atoms with van der Waals surface area (Å²) in [6.07, 6.45) is 5.57. The monoisotopic (exact) mass is 363 g/mol. The van der Waals surface area contributed by atoms with E-state index in [1.165, 1.54) is 35.1 Å². The average Bonchev–Trinajstić information content (AvgIpc) is 3.15. The van der Waals surface area contributed by atoms with E-state index >= 15 is 0 Å². The number of anilines is 1. The summed E-state index contributed by atoms with van der Waals surface area (Å²) in [6, 6.07) is 15.2. The van der Waals surface area contributed by atoms with Gasteiger partial charge in [0.25, 0.3) is 0 Å². The molecule has 1 saturated heterocycles. The molecule has 2 aliphatic rings. The van der Waals surface area contributed by atoms with Crippen molar-refractivity contribution in [1.82, 2.24) is 0 Å². The topological polar surface area (TPSA) is 59.6 Å². The summed E-state index contributed by atoms with van der Waals surface area (Å²) in [5, 5.41) is 3.29. The molecule has 27 heavy (non-hydrogen) atoms. The molecule has 4 heteroatoms. The minimum absolute atomic E-state index is 0.00777. The van der Waals surface area contributed by atoms with E-state index in [4.69, 9.17) is 15.5 Å². The lowest BCUT2D eigenvalue weighted by molar-refractivity contribution is 0.0529. The Hall–Kier alpha value is -2.33. The number of fused-ring (bicyclic) bond motifs is 1. The van der Waals surface area contributed by atoms with Crippen molar-refractivity contribution in [2.24, 2.45) is 10.7 Å². The predicted molar refractivity (Wildman–Crippen MR) is 111 cm³/mol. The summed E-state index contributed by atoms with van der Waals surface area (Å²) >= 11 is 0. The van der Waals surface area contributed by atoms with Gasteiger partial charge < -0.3 is 15.8 Å². The fourth-order valence-corrected chi connectivity index (χ4v) is 4.52. The van der Waals surface area contributed by atoms with Crippen LogP contribution in [0.15, 0.2) is 47.5 Å². The minimum atomic E-state index is 0.00777. The van der Waals surface area contributed by atoms with Crippen molar-refractivity contribution in [3.05, 3.63) is 64.7 Å². The molecule has 4 nitrogen and oxygen atoms in total. The molecule has 1 aliphatic carbocycles. The Labute approximate surface area is 161 Å². The van der Waals surface area contributed by atoms with Gasteiger partial charge in [0.15, 0.2) is 5.96 Å². The molecule has 0 amide bonds. The number of hydrogen-bond donors (Lipinski definition) is 2. The van der Waals surface area contributed by atoms with Crippen LogP contribution in [0.25, 0.3) is 0 Å². The van der Waals surface area contributed by atoms with E-state index in [2.05, 4.69) is 54.7 Å². The lowest BCUT2D eigenvalue weighted by Gasteiger charge is -2.37. The van der Waals surface area contributed by atoms with Crippen LogP contribution in [-0.4, -0.2) is 25.7 Å². The molecule has 0 radical (unpaired) electrons. The summed E-state index contributed by atoms with van der Waals surface area (Å²) in [6.45, 7) is 4.43. The second-order valence-corrected chi connectivity index (χ2v) is 7.87. The Morgan fingerprint density at radius 2 is 1.89 bits per heavy atom. The summed E-state index contributed by atoms with van der Waals surface area (Å²) in [5.74, 6) is 0.493. The van der Waals surface area contributed by atoms with Gasteiger partial charge in [-0.15, -0.1) is 0 Å². The van der Waals surface area contributed by atoms with Gasteiger partial charge in [0.05, 0.1) is 6.54 Å². The first-order chi connectivity index (χ1) is 13.2. The molecule has 3 N–H and O–H groups in total. The van der Waals surface area contributed by atoms with Crippen LogP contribution in [0, 0.1) is 6.92 Å². The van der Waals surface area contributed by atoms with Gasteiger partial charge in [-0.2, -0.15) is 0 Å². The highest BCUT2D eigenvalue weighted by atomic mass is 16.5. The number of ether oxygens (including phenoxy) is 1. The van der Waals surface area contributed by atoms with Gasteiger partial charge in [-0.1, -0.05) is 30.3 Å². The van der Waals surface area contributed by atoms with E-state index in [-0.39, 0.29) is 5.41 Å². The zero-order valence-electron chi connectivity index (χ0n) is 16.1. The third-order valence-electron chi connectivity index (χ3n) is 6.09. The van der Waals surface area contributed by atoms with Crippen LogP contribution in [0.3, 0.4) is 0 Å². The third kappa shape index (κ3) is 3.86. The average molecular weight is 364 g/mol. The van der Waals surface area contributed by atoms with Crippen molar-refractivity contribution < 1.29 is 4.74 Å². The normalized spacial score (nSPS) is 18.9. The molecule has 4 rings (SSSR count). The molecule has 0 spiro atoms. The van der Waals surface area contributed by atoms with Crippen LogP contribution in [0.4, 0.5) is 5.69 Å². The lowest BCUT2D eigenvalue weighted by atomic mass is 9.72. The second kappa shape index (κ2) is 7.73. The van der Waals surface area contributed by atoms with E-state index in [1.54, 1.807) is 0 Å². The van der Waals surface area contributed by atoms with Gasteiger partial charge in [-0.3, -0.25) is 4.99 Å². The Bertz CT molecular complexity index is 837. The van der Waals surface area contributed by atoms with Crippen LogP contribution < -0.4 is 11.1 Å². The highest BCUT2D eigenvalue weighted by molar-refractivity contribution is 5.92. The predicted octanol–water partition coefficient (Wildman–Crippen LogP) is 3.96. The van der Waals surface area contributed by atoms with E-state index in [0.717, 1.165) is 38.2 Å². The molecule has 0 atom stereocenters. The molecule has 1 aliphatic heterocycles. The number of aryl methyl sites for hydroxylation is 3. The van der Waals surface area contributed by atoms with Crippen molar-refractivity contribution in [1.29, 1.82) is 0 Å². The van der Waals surface area contributed by atoms with Crippen molar-refractivity contribution in [3.8, 4) is 0 Å². The van der Waals surface area contributed by atoms with Gasteiger partial charge in [0, 0.05) is 24.3 Å². The van der Waals surface area contributed by atoms with Crippen LogP contribution in [0.1, 0.15) is 41.5 Å². The first kappa shape index (κ1) is 18.1. The summed E-state index contributed by atoms with van der Waals surface area (Å²) < 4.78 is 5.64. The van der Waals surface area contributed by atoms with Gasteiger partial charge in [0.2, 0.25) is 0 Å². The SMILES string of the molecule is Cc1ccccc1C1(CN=C(N)Nc2ccc3c(c2)CCC3)CCOCC1. The number of guanidine groups is 1. The number of nitrogens with two attached hydrogens (primary N) is 1. The summed E-state index contributed by atoms with van der Waals surface area (Å²) in [7, 11) is 0. The fraction of sp³-hybridized carbons (Fsp3) is 0.435. The first-order valence-electron chi connectivity index (χ1n) is 9.99. The van der Waals surface area contributed by atoms with Crippen molar-refractivity contribution >= 4 is 11.6 Å². The van der Waals surface area contributed by atoms with E-state index < -0.39 is 0 Å². The molecular formula is C23H29N3O. The van der Waals surface area contributed by atoms with E-state index in [9.17, 15) is 0 Å². The molecule has 0 saturated carbocycles. The second-order valence-electron chi connectivity index (χ2n) is 7.87. The van der Waals surface area contributed by atoms with Crippen LogP contribution >= 0.6 is 0 Å². The van der Waals surface area contributed by atoms with Crippen LogP contribution in [0.5, 0.6) is 0 Å². The molecule has 1 heterocycles. The Kier molecular flexibility index (Phi) is 5.17. The molecule has 2 aromatic carbocycles. The largest absolute Gasteiger partial charge is 0.381 e. The molecule has 0 unspecified atom stereocenters. The van der Waals surface area contributed by atoms with Crippen molar-refractivity contribution in [2.75, 3.05) is 25.1 Å². The number of aliphatic imine (C=N–C) groups is 1. The highest BCUT2D eigenvalue weighted by Gasteiger charge is 2.35. The fourth-order valence-electron chi connectivity index (χ4n) is 4.52. The number of benzene rings is 2. The summed E-state index contributed by atoms with van der Waals surface area (Å²) in [4.78, 5) is 4.75. The molecule has 2 aromatic rings. The quantitative estimate of drug-likeness (QED) is 0.638. The van der Waals surface area contributed by atoms with Gasteiger partial charge in [-0.25, -0.2) is 0 Å². The zero-order valence-corrected chi connectivity index (χ0v) is 16.1. The van der Waals surface area contributed by atoms with Crippen molar-refractivity contribution in [3.63, 3.8) is 0 Å². The number of nitrogens with one attached hydrogen (secondary N) is 1. The third-order valence-corrected chi connectivity index (χ3v) is 6.09. The Morgan fingerprint density at radius 3 is 2.70 bits per heavy atom.